The van der Waals surface area contributed by atoms with Crippen molar-refractivity contribution in [1.82, 2.24) is 15.1 Å². The van der Waals surface area contributed by atoms with E-state index < -0.39 is 42.1 Å². The number of rotatable bonds is 11. The van der Waals surface area contributed by atoms with Gasteiger partial charge in [0.05, 0.1) is 29.8 Å². The maximum Gasteiger partial charge on any atom is 0.482 e. The SMILES string of the molecule is CC1(C)[C@@H]2C[C@H]3OB([C@H](Cc4ccccc4)NC(=O)OC[C@H]4CCCN4C(=O)C(C#N)CCC(C)(C)N4CCC(F)(F)CC4)O[C@@]3(C)[C@H]1C2. The number of nitrogens with one attached hydrogen (secondary N) is 1. The summed E-state index contributed by atoms with van der Waals surface area (Å²) in [7, 11) is -0.621. The highest BCUT2D eigenvalue weighted by Crippen LogP contribution is 2.65. The van der Waals surface area contributed by atoms with Crippen molar-refractivity contribution in [3.05, 3.63) is 35.9 Å². The lowest BCUT2D eigenvalue weighted by molar-refractivity contribution is -0.199. The Labute approximate surface area is 290 Å². The summed E-state index contributed by atoms with van der Waals surface area (Å²) in [5.41, 5.74) is 0.417. The highest BCUT2D eigenvalue weighted by molar-refractivity contribution is 6.47. The molecule has 1 aromatic rings. The van der Waals surface area contributed by atoms with Gasteiger partial charge in [-0.15, -0.1) is 0 Å². The molecule has 0 aromatic heterocycles. The van der Waals surface area contributed by atoms with Crippen molar-refractivity contribution < 1.29 is 32.4 Å². The van der Waals surface area contributed by atoms with E-state index in [2.05, 4.69) is 32.2 Å². The molecule has 9 nitrogen and oxygen atoms in total. The monoisotopic (exact) mass is 682 g/mol. The summed E-state index contributed by atoms with van der Waals surface area (Å²) in [6.45, 7) is 11.9. The second-order valence-corrected chi connectivity index (χ2v) is 16.6. The average Bonchev–Trinajstić information content (AvgIpc) is 3.68. The molecule has 49 heavy (non-hydrogen) atoms. The number of hydrogen-bond donors (Lipinski definition) is 1. The third kappa shape index (κ3) is 7.36. The number of piperidine rings is 1. The number of nitriles is 1. The van der Waals surface area contributed by atoms with Crippen LogP contribution in [0.4, 0.5) is 13.6 Å². The molecule has 2 amide bonds. The van der Waals surface area contributed by atoms with E-state index in [1.54, 1.807) is 4.90 Å². The molecular formula is C37H53BF2N4O5. The van der Waals surface area contributed by atoms with E-state index in [4.69, 9.17) is 14.0 Å². The van der Waals surface area contributed by atoms with Crippen LogP contribution in [0.5, 0.6) is 0 Å². The van der Waals surface area contributed by atoms with Crippen molar-refractivity contribution in [2.75, 3.05) is 26.2 Å². The number of alkyl halides is 2. The van der Waals surface area contributed by atoms with Gasteiger partial charge in [-0.25, -0.2) is 13.6 Å². The van der Waals surface area contributed by atoms with Crippen LogP contribution in [-0.4, -0.2) is 90.3 Å². The maximum atomic E-state index is 13.7. The fourth-order valence-electron chi connectivity index (χ4n) is 9.36. The van der Waals surface area contributed by atoms with Gasteiger partial charge in [0.25, 0.3) is 5.92 Å². The molecule has 268 valence electrons. The number of benzene rings is 1. The van der Waals surface area contributed by atoms with E-state index >= 15 is 0 Å². The third-order valence-electron chi connectivity index (χ3n) is 12.8. The first-order chi connectivity index (χ1) is 23.1. The predicted molar refractivity (Wildman–Crippen MR) is 181 cm³/mol. The molecule has 12 heteroatoms. The summed E-state index contributed by atoms with van der Waals surface area (Å²) in [6.07, 6.45) is 3.92. The molecule has 7 rings (SSSR count). The summed E-state index contributed by atoms with van der Waals surface area (Å²) < 4.78 is 46.5. The van der Waals surface area contributed by atoms with Crippen LogP contribution in [0.1, 0.15) is 91.5 Å². The summed E-state index contributed by atoms with van der Waals surface area (Å²) >= 11 is 0. The zero-order valence-electron chi connectivity index (χ0n) is 29.8. The minimum absolute atomic E-state index is 0.0198. The van der Waals surface area contributed by atoms with E-state index in [0.717, 1.165) is 24.8 Å². The molecule has 1 unspecified atom stereocenters. The van der Waals surface area contributed by atoms with Crippen molar-refractivity contribution in [3.63, 3.8) is 0 Å². The lowest BCUT2D eigenvalue weighted by Gasteiger charge is -2.64. The van der Waals surface area contributed by atoms with Crippen LogP contribution in [0.3, 0.4) is 0 Å². The van der Waals surface area contributed by atoms with E-state index in [-0.39, 0.29) is 42.9 Å². The van der Waals surface area contributed by atoms with Gasteiger partial charge in [-0.05, 0) is 88.5 Å². The summed E-state index contributed by atoms with van der Waals surface area (Å²) in [6, 6.07) is 11.8. The first kappa shape index (κ1) is 36.1. The van der Waals surface area contributed by atoms with Gasteiger partial charge in [-0.2, -0.15) is 5.26 Å². The number of alkyl carbamates (subject to hydrolysis) is 1. The van der Waals surface area contributed by atoms with Crippen LogP contribution >= 0.6 is 0 Å². The number of hydrogen-bond acceptors (Lipinski definition) is 7. The number of carbonyl (C=O) groups is 2. The van der Waals surface area contributed by atoms with Crippen molar-refractivity contribution in [2.45, 2.75) is 128 Å². The third-order valence-corrected chi connectivity index (χ3v) is 12.8. The van der Waals surface area contributed by atoms with E-state index in [1.807, 2.05) is 49.1 Å². The molecule has 6 fully saturated rings. The first-order valence-electron chi connectivity index (χ1n) is 18.3. The number of carbonyl (C=O) groups excluding carboxylic acids is 2. The van der Waals surface area contributed by atoms with Gasteiger partial charge in [0.2, 0.25) is 5.91 Å². The molecule has 0 spiro atoms. The molecule has 3 saturated heterocycles. The van der Waals surface area contributed by atoms with E-state index in [9.17, 15) is 23.6 Å². The van der Waals surface area contributed by atoms with Crippen LogP contribution in [0.2, 0.25) is 0 Å². The Morgan fingerprint density at radius 1 is 1.14 bits per heavy atom. The number of amides is 2. The van der Waals surface area contributed by atoms with Gasteiger partial charge >= 0.3 is 13.2 Å². The van der Waals surface area contributed by atoms with Crippen LogP contribution in [-0.2, 0) is 25.3 Å². The summed E-state index contributed by atoms with van der Waals surface area (Å²) in [5.74, 6) is -3.22. The number of likely N-dealkylation sites (tertiary alicyclic amines) is 2. The molecule has 6 aliphatic rings. The van der Waals surface area contributed by atoms with E-state index in [0.29, 0.717) is 57.2 Å². The van der Waals surface area contributed by atoms with Gasteiger partial charge < -0.3 is 24.3 Å². The second kappa shape index (κ2) is 13.8. The Hall–Kier alpha value is -2.75. The van der Waals surface area contributed by atoms with Gasteiger partial charge in [-0.3, -0.25) is 9.69 Å². The van der Waals surface area contributed by atoms with E-state index in [1.165, 1.54) is 0 Å². The molecule has 0 radical (unpaired) electrons. The maximum absolute atomic E-state index is 13.7. The molecule has 1 aromatic carbocycles. The van der Waals surface area contributed by atoms with Gasteiger partial charge in [0, 0.05) is 38.0 Å². The average molecular weight is 683 g/mol. The van der Waals surface area contributed by atoms with Crippen LogP contribution in [0.15, 0.2) is 30.3 Å². The highest BCUT2D eigenvalue weighted by atomic mass is 19.3. The predicted octanol–water partition coefficient (Wildman–Crippen LogP) is 6.01. The molecule has 3 aliphatic heterocycles. The quantitative estimate of drug-likeness (QED) is 0.285. The fraction of sp³-hybridized carbons (Fsp3) is 0.757. The Bertz CT molecular complexity index is 1400. The summed E-state index contributed by atoms with van der Waals surface area (Å²) in [5, 5.41) is 13.0. The summed E-state index contributed by atoms with van der Waals surface area (Å²) in [4.78, 5) is 30.7. The van der Waals surface area contributed by atoms with Gasteiger partial charge in [0.15, 0.2) is 0 Å². The molecule has 3 aliphatic carbocycles. The minimum Gasteiger partial charge on any atom is -0.447 e. The first-order valence-corrected chi connectivity index (χ1v) is 18.3. The lowest BCUT2D eigenvalue weighted by atomic mass is 9.43. The fourth-order valence-corrected chi connectivity index (χ4v) is 9.36. The van der Waals surface area contributed by atoms with Crippen molar-refractivity contribution in [3.8, 4) is 6.07 Å². The molecule has 1 N–H and O–H groups in total. The largest absolute Gasteiger partial charge is 0.482 e. The van der Waals surface area contributed by atoms with Gasteiger partial charge in [-0.1, -0.05) is 44.2 Å². The normalized spacial score (nSPS) is 31.6. The van der Waals surface area contributed by atoms with Gasteiger partial charge in [0.1, 0.15) is 12.5 Å². The lowest BCUT2D eigenvalue weighted by Crippen LogP contribution is -2.65. The molecule has 7 atom stereocenters. The molecular weight excluding hydrogens is 629 g/mol. The molecule has 2 bridgehead atoms. The van der Waals surface area contributed by atoms with Crippen LogP contribution in [0, 0.1) is 34.5 Å². The second-order valence-electron chi connectivity index (χ2n) is 16.6. The Morgan fingerprint density at radius 3 is 2.53 bits per heavy atom. The van der Waals surface area contributed by atoms with Crippen molar-refractivity contribution in [1.29, 1.82) is 5.26 Å². The van der Waals surface area contributed by atoms with Crippen LogP contribution < -0.4 is 5.32 Å². The zero-order chi connectivity index (χ0) is 35.2. The standard InChI is InChI=1S/C37H53BF2N4O5/c1-34(2,43-18-15-37(39,40)16-19-43)14-13-26(23-41)32(45)44-17-9-12-28(44)24-47-33(46)42-31(20-25-10-7-6-8-11-25)38-48-30-22-27-21-29(35(27,3)4)36(30,5)49-38/h6-8,10-11,26-31H,9,12-22,24H2,1-5H3,(H,42,46)/t26?,27-,28+,29-,30+,31-,36-/m0/s1. The van der Waals surface area contributed by atoms with Crippen molar-refractivity contribution in [2.24, 2.45) is 23.2 Å². The minimum atomic E-state index is -2.63. The topological polar surface area (TPSA) is 104 Å². The smallest absolute Gasteiger partial charge is 0.447 e. The highest BCUT2D eigenvalue weighted by Gasteiger charge is 2.68. The zero-order valence-corrected chi connectivity index (χ0v) is 29.8. The Morgan fingerprint density at radius 2 is 1.86 bits per heavy atom. The van der Waals surface area contributed by atoms with Crippen LogP contribution in [0.25, 0.3) is 0 Å². The molecule has 3 saturated carbocycles. The molecule has 3 heterocycles. The number of nitrogens with zero attached hydrogens (tertiary/aromatic N) is 3. The Kier molecular flexibility index (Phi) is 10.1. The number of ether oxygens (including phenoxy) is 1. The van der Waals surface area contributed by atoms with Crippen molar-refractivity contribution >= 4 is 19.1 Å². The number of halogens is 2. The Balaban J connectivity index is 1.04.